The van der Waals surface area contributed by atoms with Crippen LogP contribution in [0.25, 0.3) is 0 Å². The van der Waals surface area contributed by atoms with Crippen molar-refractivity contribution >= 4 is 11.6 Å². The predicted octanol–water partition coefficient (Wildman–Crippen LogP) is 1.06. The Hall–Kier alpha value is -0.810. The fourth-order valence-electron chi connectivity index (χ4n) is 2.07. The number of aliphatic hydroxyl groups excluding tert-OH is 2. The highest BCUT2D eigenvalue weighted by molar-refractivity contribution is 6.32. The first kappa shape index (κ1) is 12.6. The normalized spacial score (nSPS) is 23.4. The van der Waals surface area contributed by atoms with Crippen LogP contribution in [0, 0.1) is 0 Å². The molecule has 94 valence electrons. The highest BCUT2D eigenvalue weighted by atomic mass is 35.5. The zero-order chi connectivity index (χ0) is 12.4. The van der Waals surface area contributed by atoms with E-state index in [2.05, 4.69) is 0 Å². The van der Waals surface area contributed by atoms with Gasteiger partial charge in [-0.25, -0.2) is 0 Å². The van der Waals surface area contributed by atoms with Crippen molar-refractivity contribution in [2.75, 3.05) is 26.8 Å². The lowest BCUT2D eigenvalue weighted by molar-refractivity contribution is 0.00955. The third-order valence-corrected chi connectivity index (χ3v) is 3.40. The molecule has 0 fully saturated rings. The Morgan fingerprint density at radius 2 is 2.29 bits per heavy atom. The quantitative estimate of drug-likeness (QED) is 0.850. The number of nitrogens with zero attached hydrogens (tertiary/aromatic N) is 1. The van der Waals surface area contributed by atoms with Gasteiger partial charge in [0.05, 0.1) is 17.7 Å². The lowest BCUT2D eigenvalue weighted by Crippen LogP contribution is -2.45. The number of ether oxygens (including phenoxy) is 1. The van der Waals surface area contributed by atoms with Crippen LogP contribution in [0.15, 0.2) is 18.2 Å². The maximum Gasteiger partial charge on any atom is 0.143 e. The molecule has 17 heavy (non-hydrogen) atoms. The topological polar surface area (TPSA) is 52.9 Å². The van der Waals surface area contributed by atoms with Crippen LogP contribution in [0.2, 0.25) is 5.02 Å². The molecular weight excluding hydrogens is 242 g/mol. The van der Waals surface area contributed by atoms with Crippen LogP contribution in [0.3, 0.4) is 0 Å². The highest BCUT2D eigenvalue weighted by Crippen LogP contribution is 2.38. The summed E-state index contributed by atoms with van der Waals surface area (Å²) < 4.78 is 5.59. The molecule has 1 aromatic rings. The average molecular weight is 258 g/mol. The molecule has 5 heteroatoms. The molecule has 0 bridgehead atoms. The molecule has 0 aliphatic carbocycles. The number of hydrogen-bond donors (Lipinski definition) is 2. The second-order valence-corrected chi connectivity index (χ2v) is 4.59. The summed E-state index contributed by atoms with van der Waals surface area (Å²) in [5.74, 6) is 0.565. The molecule has 2 rings (SSSR count). The Balaban J connectivity index is 2.24. The number of likely N-dealkylation sites (N-methyl/N-ethyl adjacent to an activating group) is 1. The highest BCUT2D eigenvalue weighted by Gasteiger charge is 2.32. The zero-order valence-electron chi connectivity index (χ0n) is 9.64. The molecule has 1 aromatic carbocycles. The number of halogens is 1. The molecular formula is C12H16ClNO3. The average Bonchev–Trinajstić information content (AvgIpc) is 2.31. The van der Waals surface area contributed by atoms with Gasteiger partial charge in [0.15, 0.2) is 0 Å². The summed E-state index contributed by atoms with van der Waals surface area (Å²) in [5, 5.41) is 19.7. The van der Waals surface area contributed by atoms with Gasteiger partial charge in [-0.15, -0.1) is 0 Å². The maximum absolute atomic E-state index is 10.3. The van der Waals surface area contributed by atoms with E-state index in [4.69, 9.17) is 21.4 Å². The van der Waals surface area contributed by atoms with Gasteiger partial charge in [0, 0.05) is 12.1 Å². The molecule has 0 radical (unpaired) electrons. The SMILES string of the molecule is CN(CCO)C1COc2c(Cl)cccc2C1O. The van der Waals surface area contributed by atoms with Crippen molar-refractivity contribution in [1.82, 2.24) is 4.90 Å². The van der Waals surface area contributed by atoms with Crippen molar-refractivity contribution in [2.24, 2.45) is 0 Å². The van der Waals surface area contributed by atoms with Gasteiger partial charge in [0.1, 0.15) is 18.5 Å². The van der Waals surface area contributed by atoms with Gasteiger partial charge in [0.2, 0.25) is 0 Å². The van der Waals surface area contributed by atoms with Crippen LogP contribution in [-0.4, -0.2) is 48.0 Å². The number of benzene rings is 1. The van der Waals surface area contributed by atoms with Gasteiger partial charge in [-0.05, 0) is 13.1 Å². The summed E-state index contributed by atoms with van der Waals surface area (Å²) in [7, 11) is 1.85. The summed E-state index contributed by atoms with van der Waals surface area (Å²) in [4.78, 5) is 1.88. The molecule has 2 N–H and O–H groups in total. The summed E-state index contributed by atoms with van der Waals surface area (Å²) in [6.45, 7) is 0.928. The van der Waals surface area contributed by atoms with Gasteiger partial charge in [-0.3, -0.25) is 4.90 Å². The molecule has 1 aliphatic rings. The van der Waals surface area contributed by atoms with E-state index in [1.54, 1.807) is 12.1 Å². The minimum absolute atomic E-state index is 0.0577. The smallest absolute Gasteiger partial charge is 0.143 e. The number of aliphatic hydroxyl groups is 2. The van der Waals surface area contributed by atoms with Crippen LogP contribution >= 0.6 is 11.6 Å². The number of fused-ring (bicyclic) bond motifs is 1. The van der Waals surface area contributed by atoms with Crippen molar-refractivity contribution in [3.8, 4) is 5.75 Å². The Labute approximate surface area is 105 Å². The van der Waals surface area contributed by atoms with Crippen molar-refractivity contribution in [2.45, 2.75) is 12.1 Å². The predicted molar refractivity (Wildman–Crippen MR) is 65.4 cm³/mol. The zero-order valence-corrected chi connectivity index (χ0v) is 10.4. The van der Waals surface area contributed by atoms with Crippen LogP contribution in [-0.2, 0) is 0 Å². The minimum Gasteiger partial charge on any atom is -0.490 e. The van der Waals surface area contributed by atoms with Gasteiger partial charge in [-0.2, -0.15) is 0 Å². The summed E-state index contributed by atoms with van der Waals surface area (Å²) in [6, 6.07) is 5.19. The lowest BCUT2D eigenvalue weighted by atomic mass is 9.98. The fourth-order valence-corrected chi connectivity index (χ4v) is 2.31. The van der Waals surface area contributed by atoms with E-state index in [1.165, 1.54) is 0 Å². The van der Waals surface area contributed by atoms with Gasteiger partial charge in [0.25, 0.3) is 0 Å². The first-order valence-electron chi connectivity index (χ1n) is 5.55. The molecule has 1 heterocycles. The van der Waals surface area contributed by atoms with Gasteiger partial charge >= 0.3 is 0 Å². The monoisotopic (exact) mass is 257 g/mol. The molecule has 0 saturated carbocycles. The molecule has 0 spiro atoms. The van der Waals surface area contributed by atoms with E-state index in [9.17, 15) is 5.11 Å². The van der Waals surface area contributed by atoms with E-state index < -0.39 is 6.10 Å². The minimum atomic E-state index is -0.644. The Morgan fingerprint density at radius 3 is 3.00 bits per heavy atom. The first-order valence-corrected chi connectivity index (χ1v) is 5.93. The Bertz CT molecular complexity index is 399. The van der Waals surface area contributed by atoms with Crippen molar-refractivity contribution in [3.63, 3.8) is 0 Å². The van der Waals surface area contributed by atoms with E-state index in [0.717, 1.165) is 0 Å². The molecule has 2 atom stereocenters. The third-order valence-electron chi connectivity index (χ3n) is 3.10. The number of hydrogen-bond acceptors (Lipinski definition) is 4. The Kier molecular flexibility index (Phi) is 3.89. The number of rotatable bonds is 3. The fraction of sp³-hybridized carbons (Fsp3) is 0.500. The van der Waals surface area contributed by atoms with Crippen LogP contribution < -0.4 is 4.74 Å². The molecule has 0 saturated heterocycles. The summed E-state index contributed by atoms with van der Waals surface area (Å²) >= 11 is 6.01. The lowest BCUT2D eigenvalue weighted by Gasteiger charge is -2.36. The van der Waals surface area contributed by atoms with Crippen molar-refractivity contribution in [1.29, 1.82) is 0 Å². The molecule has 4 nitrogen and oxygen atoms in total. The largest absolute Gasteiger partial charge is 0.490 e. The van der Waals surface area contributed by atoms with E-state index in [1.807, 2.05) is 18.0 Å². The molecule has 0 amide bonds. The van der Waals surface area contributed by atoms with Crippen LogP contribution in [0.4, 0.5) is 0 Å². The summed E-state index contributed by atoms with van der Waals surface area (Å²) in [5.41, 5.74) is 0.707. The first-order chi connectivity index (χ1) is 8.15. The van der Waals surface area contributed by atoms with Crippen LogP contribution in [0.1, 0.15) is 11.7 Å². The van der Waals surface area contributed by atoms with Crippen LogP contribution in [0.5, 0.6) is 5.75 Å². The third kappa shape index (κ3) is 2.40. The van der Waals surface area contributed by atoms with Gasteiger partial charge in [-0.1, -0.05) is 23.7 Å². The summed E-state index contributed by atoms with van der Waals surface area (Å²) in [6.07, 6.45) is -0.644. The molecule has 0 aromatic heterocycles. The standard InChI is InChI=1S/C12H16ClNO3/c1-14(5-6-15)10-7-17-12-8(11(10)16)3-2-4-9(12)13/h2-4,10-11,15-16H,5-7H2,1H3. The van der Waals surface area contributed by atoms with Gasteiger partial charge < -0.3 is 14.9 Å². The van der Waals surface area contributed by atoms with Crippen molar-refractivity contribution in [3.05, 3.63) is 28.8 Å². The van der Waals surface area contributed by atoms with E-state index >= 15 is 0 Å². The molecule has 1 aliphatic heterocycles. The second-order valence-electron chi connectivity index (χ2n) is 4.19. The van der Waals surface area contributed by atoms with Crippen molar-refractivity contribution < 1.29 is 14.9 Å². The second kappa shape index (κ2) is 5.23. The molecule has 2 unspecified atom stereocenters. The number of para-hydroxylation sites is 1. The van der Waals surface area contributed by atoms with E-state index in [0.29, 0.717) is 29.5 Å². The Morgan fingerprint density at radius 1 is 1.53 bits per heavy atom. The van der Waals surface area contributed by atoms with E-state index in [-0.39, 0.29) is 12.6 Å². The maximum atomic E-state index is 10.3.